The zero-order valence-corrected chi connectivity index (χ0v) is 20.7. The number of pyridine rings is 1. The van der Waals surface area contributed by atoms with Crippen LogP contribution < -0.4 is 5.32 Å². The summed E-state index contributed by atoms with van der Waals surface area (Å²) in [6.45, 7) is 9.21. The van der Waals surface area contributed by atoms with Crippen LogP contribution in [-0.2, 0) is 12.4 Å². The number of nitrogens with zero attached hydrogens (tertiary/aromatic N) is 2. The van der Waals surface area contributed by atoms with Gasteiger partial charge in [0.05, 0.1) is 5.56 Å². The first kappa shape index (κ1) is 29.5. The van der Waals surface area contributed by atoms with Crippen molar-refractivity contribution in [2.75, 3.05) is 13.1 Å². The second-order valence-electron chi connectivity index (χ2n) is 8.22. The van der Waals surface area contributed by atoms with Crippen LogP contribution in [0.15, 0.2) is 42.1 Å². The van der Waals surface area contributed by atoms with Gasteiger partial charge in [-0.3, -0.25) is 9.78 Å². The van der Waals surface area contributed by atoms with Crippen LogP contribution in [-0.4, -0.2) is 40.0 Å². The lowest BCUT2D eigenvalue weighted by Gasteiger charge is -2.42. The highest BCUT2D eigenvalue weighted by atomic mass is 32.1. The molecule has 3 heterocycles. The largest absolute Gasteiger partial charge is 0.507 e. The lowest BCUT2D eigenvalue weighted by molar-refractivity contribution is -0.138. The molecule has 2 aromatic rings. The van der Waals surface area contributed by atoms with E-state index in [0.29, 0.717) is 23.9 Å². The predicted molar refractivity (Wildman–Crippen MR) is 125 cm³/mol. The smallest absolute Gasteiger partial charge is 0.425 e. The standard InChI is InChI=1S/C19H26F3N3O.C5H3F3OS/c1-4-8-16-14(13(3)23-5-2)9-7-12-25(16)18(26)17-15(19(20,21)22)10-6-11-24-17;6-5(7,8)4-1-3(9)2-10-4/h6,10-11,14,16,23H,3-5,7-9,12H2,1-2H3;1-2,9H. The molecule has 0 bridgehead atoms. The average Bonchev–Trinajstić information content (AvgIpc) is 3.26. The van der Waals surface area contributed by atoms with E-state index < -0.39 is 34.4 Å². The third-order valence-electron chi connectivity index (χ3n) is 5.66. The van der Waals surface area contributed by atoms with E-state index in [4.69, 9.17) is 5.11 Å². The molecule has 1 fully saturated rings. The topological polar surface area (TPSA) is 65.5 Å². The second-order valence-corrected chi connectivity index (χ2v) is 9.13. The maximum absolute atomic E-state index is 13.3. The van der Waals surface area contributed by atoms with Gasteiger partial charge in [0.1, 0.15) is 16.3 Å². The maximum Gasteiger partial charge on any atom is 0.425 e. The Hall–Kier alpha value is -2.76. The van der Waals surface area contributed by atoms with Crippen LogP contribution in [0, 0.1) is 5.92 Å². The predicted octanol–water partition coefficient (Wildman–Crippen LogP) is 6.72. The Morgan fingerprint density at radius 2 is 1.94 bits per heavy atom. The van der Waals surface area contributed by atoms with E-state index in [0.717, 1.165) is 49.4 Å². The number of carbonyl (C=O) groups excluding carboxylic acids is 1. The highest BCUT2D eigenvalue weighted by Gasteiger charge is 2.41. The molecule has 1 aliphatic rings. The zero-order valence-electron chi connectivity index (χ0n) is 19.9. The number of likely N-dealkylation sites (tertiary alicyclic amines) is 1. The Balaban J connectivity index is 0.000000380. The van der Waals surface area contributed by atoms with E-state index in [-0.39, 0.29) is 17.7 Å². The van der Waals surface area contributed by atoms with E-state index in [1.54, 1.807) is 4.90 Å². The number of alkyl halides is 6. The third kappa shape index (κ3) is 7.62. The molecule has 1 amide bonds. The van der Waals surface area contributed by atoms with Gasteiger partial charge in [-0.2, -0.15) is 26.3 Å². The number of carbonyl (C=O) groups is 1. The number of thiophene rings is 1. The number of hydrogen-bond acceptors (Lipinski definition) is 5. The average molecular weight is 538 g/mol. The minimum atomic E-state index is -4.61. The first-order valence-electron chi connectivity index (χ1n) is 11.4. The first-order valence-corrected chi connectivity index (χ1v) is 12.3. The molecule has 1 saturated heterocycles. The highest BCUT2D eigenvalue weighted by Crippen LogP contribution is 2.36. The van der Waals surface area contributed by atoms with Crippen molar-refractivity contribution in [2.45, 2.75) is 57.9 Å². The summed E-state index contributed by atoms with van der Waals surface area (Å²) in [5.41, 5.74) is -0.649. The molecule has 1 aliphatic heterocycles. The third-order valence-corrected chi connectivity index (χ3v) is 6.62. The number of amides is 1. The summed E-state index contributed by atoms with van der Waals surface area (Å²) in [7, 11) is 0. The monoisotopic (exact) mass is 537 g/mol. The van der Waals surface area contributed by atoms with E-state index in [9.17, 15) is 31.1 Å². The van der Waals surface area contributed by atoms with Crippen LogP contribution >= 0.6 is 11.3 Å². The van der Waals surface area contributed by atoms with Crippen LogP contribution in [0.4, 0.5) is 26.3 Å². The fourth-order valence-electron chi connectivity index (χ4n) is 4.14. The molecule has 0 spiro atoms. The normalized spacial score (nSPS) is 18.3. The molecular weight excluding hydrogens is 508 g/mol. The molecule has 2 N–H and O–H groups in total. The molecule has 5 nitrogen and oxygen atoms in total. The first-order chi connectivity index (χ1) is 16.8. The van der Waals surface area contributed by atoms with Crippen LogP contribution in [0.2, 0.25) is 0 Å². The fraction of sp³-hybridized carbons (Fsp3) is 0.500. The fourth-order valence-corrected chi connectivity index (χ4v) is 4.78. The van der Waals surface area contributed by atoms with Gasteiger partial charge in [0, 0.05) is 48.4 Å². The van der Waals surface area contributed by atoms with E-state index >= 15 is 0 Å². The Morgan fingerprint density at radius 1 is 1.25 bits per heavy atom. The van der Waals surface area contributed by atoms with Crippen molar-refractivity contribution in [3.63, 3.8) is 0 Å². The minimum Gasteiger partial charge on any atom is -0.507 e. The second kappa shape index (κ2) is 12.5. The number of nitrogens with one attached hydrogen (secondary N) is 1. The number of aromatic hydroxyl groups is 1. The Bertz CT molecular complexity index is 1020. The van der Waals surface area contributed by atoms with Crippen LogP contribution in [0.3, 0.4) is 0 Å². The summed E-state index contributed by atoms with van der Waals surface area (Å²) in [5.74, 6) is -0.951. The number of halogens is 6. The van der Waals surface area contributed by atoms with Gasteiger partial charge in [-0.15, -0.1) is 11.3 Å². The maximum atomic E-state index is 13.3. The summed E-state index contributed by atoms with van der Waals surface area (Å²) in [6, 6.07) is 2.64. The summed E-state index contributed by atoms with van der Waals surface area (Å²) in [6.07, 6.45) is -4.55. The molecule has 2 aromatic heterocycles. The van der Waals surface area contributed by atoms with E-state index in [1.165, 1.54) is 12.3 Å². The molecule has 0 aliphatic carbocycles. The molecule has 3 rings (SSSR count). The summed E-state index contributed by atoms with van der Waals surface area (Å²) >= 11 is 0.481. The molecule has 2 atom stereocenters. The van der Waals surface area contributed by atoms with Gasteiger partial charge in [0.15, 0.2) is 0 Å². The molecule has 36 heavy (non-hydrogen) atoms. The van der Waals surface area contributed by atoms with Gasteiger partial charge in [-0.1, -0.05) is 19.9 Å². The summed E-state index contributed by atoms with van der Waals surface area (Å²) in [5, 5.41) is 12.8. The number of hydrogen-bond donors (Lipinski definition) is 2. The highest BCUT2D eigenvalue weighted by molar-refractivity contribution is 7.10. The van der Waals surface area contributed by atoms with Crippen molar-refractivity contribution in [1.82, 2.24) is 15.2 Å². The van der Waals surface area contributed by atoms with Gasteiger partial charge in [0.25, 0.3) is 5.91 Å². The van der Waals surface area contributed by atoms with Gasteiger partial charge < -0.3 is 15.3 Å². The molecule has 0 saturated carbocycles. The lowest BCUT2D eigenvalue weighted by atomic mass is 9.84. The lowest BCUT2D eigenvalue weighted by Crippen LogP contribution is -2.50. The molecular formula is C24H29F6N3O2S. The van der Waals surface area contributed by atoms with Crippen molar-refractivity contribution >= 4 is 17.2 Å². The van der Waals surface area contributed by atoms with Gasteiger partial charge in [-0.05, 0) is 38.3 Å². The molecule has 0 aromatic carbocycles. The summed E-state index contributed by atoms with van der Waals surface area (Å²) in [4.78, 5) is 17.6. The zero-order chi connectivity index (χ0) is 27.1. The SMILES string of the molecule is C=C(NCC)C1CCCN(C(=O)c2ncccc2C(F)(F)F)C1CCC.Oc1csc(C(F)(F)F)c1. The Morgan fingerprint density at radius 3 is 2.44 bits per heavy atom. The van der Waals surface area contributed by atoms with Gasteiger partial charge in [0.2, 0.25) is 0 Å². The van der Waals surface area contributed by atoms with Crippen molar-refractivity contribution in [3.05, 3.63) is 58.2 Å². The Kier molecular flexibility index (Phi) is 10.2. The van der Waals surface area contributed by atoms with Crippen molar-refractivity contribution in [2.24, 2.45) is 5.92 Å². The molecule has 12 heteroatoms. The van der Waals surface area contributed by atoms with Gasteiger partial charge >= 0.3 is 12.4 Å². The minimum absolute atomic E-state index is 0.0330. The van der Waals surface area contributed by atoms with Crippen molar-refractivity contribution in [1.29, 1.82) is 0 Å². The van der Waals surface area contributed by atoms with E-state index in [2.05, 4.69) is 16.9 Å². The quantitative estimate of drug-likeness (QED) is 0.402. The van der Waals surface area contributed by atoms with Crippen LogP contribution in [0.5, 0.6) is 5.75 Å². The molecule has 200 valence electrons. The van der Waals surface area contributed by atoms with Crippen LogP contribution in [0.1, 0.15) is 60.5 Å². The van der Waals surface area contributed by atoms with Gasteiger partial charge in [-0.25, -0.2) is 0 Å². The van der Waals surface area contributed by atoms with Crippen molar-refractivity contribution < 1.29 is 36.2 Å². The van der Waals surface area contributed by atoms with Crippen LogP contribution in [0.25, 0.3) is 0 Å². The Labute approximate surface area is 209 Å². The van der Waals surface area contributed by atoms with E-state index in [1.807, 2.05) is 13.8 Å². The number of rotatable bonds is 6. The number of piperidine rings is 1. The number of aromatic nitrogens is 1. The molecule has 0 radical (unpaired) electrons. The summed E-state index contributed by atoms with van der Waals surface area (Å²) < 4.78 is 75.0. The molecule has 2 unspecified atom stereocenters. The van der Waals surface area contributed by atoms with Crippen molar-refractivity contribution in [3.8, 4) is 5.75 Å².